The van der Waals surface area contributed by atoms with Gasteiger partial charge in [-0.15, -0.1) is 0 Å². The molecule has 1 saturated heterocycles. The Labute approximate surface area is 88.7 Å². The molecule has 0 radical (unpaired) electrons. The Morgan fingerprint density at radius 1 is 1.36 bits per heavy atom. The summed E-state index contributed by atoms with van der Waals surface area (Å²) >= 11 is 1.55. The molecule has 0 spiro atoms. The van der Waals surface area contributed by atoms with E-state index in [1.165, 1.54) is 0 Å². The van der Waals surface area contributed by atoms with E-state index in [1.807, 2.05) is 0 Å². The maximum Gasteiger partial charge on any atom is 0.145 e. The standard InChI is InChI=1S/C10H16N2OS/c1-7(2)10-11-9(12-14-10)8-3-5-13-6-4-8/h7-8H,3-6H2,1-2H3. The lowest BCUT2D eigenvalue weighted by molar-refractivity contribution is 0.0838. The van der Waals surface area contributed by atoms with Crippen molar-refractivity contribution in [3.8, 4) is 0 Å². The van der Waals surface area contributed by atoms with E-state index in [4.69, 9.17) is 4.74 Å². The second-order valence-corrected chi connectivity index (χ2v) is 4.82. The highest BCUT2D eigenvalue weighted by Crippen LogP contribution is 2.27. The first-order chi connectivity index (χ1) is 6.77. The first kappa shape index (κ1) is 10.1. The molecule has 2 heterocycles. The zero-order valence-electron chi connectivity index (χ0n) is 8.69. The van der Waals surface area contributed by atoms with Crippen molar-refractivity contribution in [1.82, 2.24) is 9.36 Å². The van der Waals surface area contributed by atoms with Gasteiger partial charge in [-0.25, -0.2) is 4.98 Å². The summed E-state index contributed by atoms with van der Waals surface area (Å²) in [5.74, 6) is 2.08. The van der Waals surface area contributed by atoms with Crippen molar-refractivity contribution in [2.24, 2.45) is 0 Å². The van der Waals surface area contributed by atoms with Crippen LogP contribution in [0.3, 0.4) is 0 Å². The van der Waals surface area contributed by atoms with Gasteiger partial charge in [0, 0.05) is 25.0 Å². The van der Waals surface area contributed by atoms with Gasteiger partial charge in [-0.3, -0.25) is 0 Å². The lowest BCUT2D eigenvalue weighted by Crippen LogP contribution is -2.15. The molecule has 78 valence electrons. The third-order valence-corrected chi connectivity index (χ3v) is 3.57. The Morgan fingerprint density at radius 3 is 2.64 bits per heavy atom. The highest BCUT2D eigenvalue weighted by atomic mass is 32.1. The molecule has 3 nitrogen and oxygen atoms in total. The smallest absolute Gasteiger partial charge is 0.145 e. The van der Waals surface area contributed by atoms with E-state index in [1.54, 1.807) is 11.5 Å². The maximum absolute atomic E-state index is 5.32. The molecule has 1 fully saturated rings. The minimum atomic E-state index is 0.501. The predicted octanol–water partition coefficient (Wildman–Crippen LogP) is 2.56. The number of aromatic nitrogens is 2. The van der Waals surface area contributed by atoms with Crippen LogP contribution in [0.15, 0.2) is 0 Å². The fourth-order valence-electron chi connectivity index (χ4n) is 1.60. The minimum absolute atomic E-state index is 0.501. The van der Waals surface area contributed by atoms with Crippen molar-refractivity contribution in [3.05, 3.63) is 10.8 Å². The van der Waals surface area contributed by atoms with E-state index in [9.17, 15) is 0 Å². The Hall–Kier alpha value is -0.480. The highest BCUT2D eigenvalue weighted by Gasteiger charge is 2.20. The topological polar surface area (TPSA) is 35.0 Å². The molecule has 0 unspecified atom stereocenters. The monoisotopic (exact) mass is 212 g/mol. The largest absolute Gasteiger partial charge is 0.381 e. The molecular weight excluding hydrogens is 196 g/mol. The Balaban J connectivity index is 2.07. The number of hydrogen-bond acceptors (Lipinski definition) is 4. The first-order valence-electron chi connectivity index (χ1n) is 5.18. The van der Waals surface area contributed by atoms with E-state index in [0.717, 1.165) is 36.9 Å². The molecule has 1 aromatic rings. The van der Waals surface area contributed by atoms with Crippen LogP contribution >= 0.6 is 11.5 Å². The van der Waals surface area contributed by atoms with Crippen molar-refractivity contribution >= 4 is 11.5 Å². The van der Waals surface area contributed by atoms with Gasteiger partial charge >= 0.3 is 0 Å². The summed E-state index contributed by atoms with van der Waals surface area (Å²) in [7, 11) is 0. The third-order valence-electron chi connectivity index (χ3n) is 2.54. The van der Waals surface area contributed by atoms with Gasteiger partial charge < -0.3 is 4.74 Å². The summed E-state index contributed by atoms with van der Waals surface area (Å²) in [6.07, 6.45) is 2.16. The maximum atomic E-state index is 5.32. The molecule has 0 amide bonds. The second kappa shape index (κ2) is 4.36. The van der Waals surface area contributed by atoms with E-state index < -0.39 is 0 Å². The summed E-state index contributed by atoms with van der Waals surface area (Å²) in [5, 5.41) is 1.16. The van der Waals surface area contributed by atoms with E-state index in [-0.39, 0.29) is 0 Å². The van der Waals surface area contributed by atoms with E-state index in [0.29, 0.717) is 11.8 Å². The summed E-state index contributed by atoms with van der Waals surface area (Å²) in [6, 6.07) is 0. The quantitative estimate of drug-likeness (QED) is 0.755. The SMILES string of the molecule is CC(C)c1nc(C2CCOCC2)ns1. The van der Waals surface area contributed by atoms with Crippen LogP contribution in [0.4, 0.5) is 0 Å². The zero-order valence-corrected chi connectivity index (χ0v) is 9.51. The van der Waals surface area contributed by atoms with Crippen LogP contribution in [-0.2, 0) is 4.74 Å². The van der Waals surface area contributed by atoms with Crippen LogP contribution in [0, 0.1) is 0 Å². The summed E-state index contributed by atoms with van der Waals surface area (Å²) in [4.78, 5) is 4.59. The van der Waals surface area contributed by atoms with Gasteiger partial charge in [0.2, 0.25) is 0 Å². The Morgan fingerprint density at radius 2 is 2.07 bits per heavy atom. The number of nitrogens with zero attached hydrogens (tertiary/aromatic N) is 2. The van der Waals surface area contributed by atoms with Gasteiger partial charge in [0.05, 0.1) is 0 Å². The van der Waals surface area contributed by atoms with Crippen LogP contribution in [0.5, 0.6) is 0 Å². The van der Waals surface area contributed by atoms with Crippen molar-refractivity contribution in [2.75, 3.05) is 13.2 Å². The van der Waals surface area contributed by atoms with Crippen molar-refractivity contribution in [3.63, 3.8) is 0 Å². The summed E-state index contributed by atoms with van der Waals surface area (Å²) in [6.45, 7) is 6.05. The van der Waals surface area contributed by atoms with Gasteiger partial charge in [0.25, 0.3) is 0 Å². The number of ether oxygens (including phenoxy) is 1. The molecule has 1 aromatic heterocycles. The van der Waals surface area contributed by atoms with Crippen LogP contribution in [-0.4, -0.2) is 22.6 Å². The first-order valence-corrected chi connectivity index (χ1v) is 5.96. The molecule has 4 heteroatoms. The van der Waals surface area contributed by atoms with Crippen LogP contribution in [0.2, 0.25) is 0 Å². The molecule has 0 aliphatic carbocycles. The predicted molar refractivity (Wildman–Crippen MR) is 56.8 cm³/mol. The average molecular weight is 212 g/mol. The molecule has 0 aromatic carbocycles. The molecule has 2 rings (SSSR count). The van der Waals surface area contributed by atoms with E-state index >= 15 is 0 Å². The zero-order chi connectivity index (χ0) is 9.97. The highest BCUT2D eigenvalue weighted by molar-refractivity contribution is 7.05. The third kappa shape index (κ3) is 2.12. The normalized spacial score (nSPS) is 19.1. The summed E-state index contributed by atoms with van der Waals surface area (Å²) in [5.41, 5.74) is 0. The van der Waals surface area contributed by atoms with Gasteiger partial charge in [-0.05, 0) is 24.4 Å². The molecule has 0 saturated carbocycles. The lowest BCUT2D eigenvalue weighted by atomic mass is 10.00. The lowest BCUT2D eigenvalue weighted by Gasteiger charge is -2.18. The van der Waals surface area contributed by atoms with Crippen molar-refractivity contribution < 1.29 is 4.74 Å². The van der Waals surface area contributed by atoms with Crippen molar-refractivity contribution in [1.29, 1.82) is 0 Å². The second-order valence-electron chi connectivity index (χ2n) is 4.03. The number of rotatable bonds is 2. The van der Waals surface area contributed by atoms with Gasteiger partial charge in [0.15, 0.2) is 0 Å². The Bertz CT molecular complexity index is 292. The van der Waals surface area contributed by atoms with Crippen LogP contribution in [0.1, 0.15) is 49.4 Å². The number of hydrogen-bond donors (Lipinski definition) is 0. The molecule has 1 aliphatic rings. The molecule has 0 bridgehead atoms. The molecule has 0 atom stereocenters. The fourth-order valence-corrected chi connectivity index (χ4v) is 2.33. The van der Waals surface area contributed by atoms with Crippen LogP contribution < -0.4 is 0 Å². The average Bonchev–Trinajstić information content (AvgIpc) is 2.68. The summed E-state index contributed by atoms with van der Waals surface area (Å²) < 4.78 is 9.76. The van der Waals surface area contributed by atoms with E-state index in [2.05, 4.69) is 23.2 Å². The molecule has 14 heavy (non-hydrogen) atoms. The minimum Gasteiger partial charge on any atom is -0.381 e. The molecule has 0 N–H and O–H groups in total. The molecular formula is C10H16N2OS. The van der Waals surface area contributed by atoms with Crippen LogP contribution in [0.25, 0.3) is 0 Å². The fraction of sp³-hybridized carbons (Fsp3) is 0.800. The van der Waals surface area contributed by atoms with Gasteiger partial charge in [-0.1, -0.05) is 13.8 Å². The van der Waals surface area contributed by atoms with Crippen molar-refractivity contribution in [2.45, 2.75) is 38.5 Å². The van der Waals surface area contributed by atoms with Gasteiger partial charge in [0.1, 0.15) is 10.8 Å². The molecule has 1 aliphatic heterocycles. The Kier molecular flexibility index (Phi) is 3.13. The van der Waals surface area contributed by atoms with Gasteiger partial charge in [-0.2, -0.15) is 4.37 Å².